The number of hydrogen-bond acceptors (Lipinski definition) is 3. The largest absolute Gasteiger partial charge is 0.360 e. The highest BCUT2D eigenvalue weighted by Gasteiger charge is 2.46. The number of carbonyl (C=O) groups is 1. The minimum atomic E-state index is -0.444. The fourth-order valence-electron chi connectivity index (χ4n) is 4.31. The molecule has 2 aliphatic rings. The molecule has 0 radical (unpaired) electrons. The van der Waals surface area contributed by atoms with Gasteiger partial charge in [0, 0.05) is 19.6 Å². The standard InChI is InChI=1S/C23H27ClN2O2.ClH/c1-18-22(27)26(21-10-6-5-9-20(21)24)17-23(28-18)12-15-25(16-13-23)14-11-19-7-3-2-4-8-19;/h2-10,18H,11-17H2,1H3;1H. The van der Waals surface area contributed by atoms with Crippen molar-refractivity contribution in [1.29, 1.82) is 0 Å². The van der Waals surface area contributed by atoms with Crippen molar-refractivity contribution in [1.82, 2.24) is 4.90 Å². The van der Waals surface area contributed by atoms with Gasteiger partial charge in [0.2, 0.25) is 0 Å². The Labute approximate surface area is 184 Å². The molecule has 0 saturated carbocycles. The first-order valence-electron chi connectivity index (χ1n) is 10.1. The van der Waals surface area contributed by atoms with E-state index in [2.05, 4.69) is 35.2 Å². The summed E-state index contributed by atoms with van der Waals surface area (Å²) in [6.07, 6.45) is 2.48. The Kier molecular flexibility index (Phi) is 7.23. The van der Waals surface area contributed by atoms with E-state index in [4.69, 9.17) is 16.3 Å². The van der Waals surface area contributed by atoms with Gasteiger partial charge < -0.3 is 14.5 Å². The summed E-state index contributed by atoms with van der Waals surface area (Å²) in [4.78, 5) is 17.1. The van der Waals surface area contributed by atoms with Crippen molar-refractivity contribution in [3.05, 3.63) is 65.2 Å². The van der Waals surface area contributed by atoms with Crippen LogP contribution in [0.4, 0.5) is 5.69 Å². The van der Waals surface area contributed by atoms with Crippen LogP contribution in [0.5, 0.6) is 0 Å². The van der Waals surface area contributed by atoms with Crippen LogP contribution in [0, 0.1) is 0 Å². The molecule has 1 atom stereocenters. The van der Waals surface area contributed by atoms with E-state index in [9.17, 15) is 4.79 Å². The number of para-hydroxylation sites is 1. The first-order valence-corrected chi connectivity index (χ1v) is 10.4. The van der Waals surface area contributed by atoms with Gasteiger partial charge in [0.1, 0.15) is 6.10 Å². The summed E-state index contributed by atoms with van der Waals surface area (Å²) >= 11 is 6.38. The van der Waals surface area contributed by atoms with Crippen LogP contribution >= 0.6 is 24.0 Å². The van der Waals surface area contributed by atoms with Crippen molar-refractivity contribution in [2.75, 3.05) is 31.1 Å². The second-order valence-electron chi connectivity index (χ2n) is 7.90. The van der Waals surface area contributed by atoms with Crippen LogP contribution in [0.25, 0.3) is 0 Å². The van der Waals surface area contributed by atoms with Crippen molar-refractivity contribution >= 4 is 35.6 Å². The SMILES string of the molecule is CC1OC2(CCN(CCc3ccccc3)CC2)CN(c2ccccc2Cl)C1=O.Cl. The summed E-state index contributed by atoms with van der Waals surface area (Å²) in [7, 11) is 0. The number of anilines is 1. The molecule has 1 spiro atoms. The lowest BCUT2D eigenvalue weighted by Crippen LogP contribution is -2.61. The number of morpholine rings is 1. The first kappa shape index (κ1) is 22.1. The fourth-order valence-corrected chi connectivity index (χ4v) is 4.55. The third-order valence-corrected chi connectivity index (χ3v) is 6.28. The second kappa shape index (κ2) is 9.48. The predicted molar refractivity (Wildman–Crippen MR) is 120 cm³/mol. The van der Waals surface area contributed by atoms with E-state index in [1.165, 1.54) is 5.56 Å². The van der Waals surface area contributed by atoms with E-state index in [0.29, 0.717) is 11.6 Å². The fraction of sp³-hybridized carbons (Fsp3) is 0.435. The zero-order valence-electron chi connectivity index (χ0n) is 16.7. The molecule has 2 aromatic rings. The molecule has 6 heteroatoms. The molecule has 29 heavy (non-hydrogen) atoms. The predicted octanol–water partition coefficient (Wildman–Crippen LogP) is 4.59. The molecule has 2 aliphatic heterocycles. The monoisotopic (exact) mass is 434 g/mol. The number of carbonyl (C=O) groups excluding carboxylic acids is 1. The van der Waals surface area contributed by atoms with Crippen LogP contribution in [0.1, 0.15) is 25.3 Å². The van der Waals surface area contributed by atoms with Gasteiger partial charge in [-0.15, -0.1) is 12.4 Å². The number of benzene rings is 2. The highest BCUT2D eigenvalue weighted by molar-refractivity contribution is 6.33. The Morgan fingerprint density at radius 3 is 2.41 bits per heavy atom. The number of likely N-dealkylation sites (tertiary alicyclic amines) is 1. The maximum absolute atomic E-state index is 12.8. The van der Waals surface area contributed by atoms with Gasteiger partial charge in [-0.3, -0.25) is 4.79 Å². The molecule has 0 aliphatic carbocycles. The smallest absolute Gasteiger partial charge is 0.255 e. The Balaban J connectivity index is 0.00000240. The molecular weight excluding hydrogens is 407 g/mol. The molecule has 4 rings (SSSR count). The number of rotatable bonds is 4. The summed E-state index contributed by atoms with van der Waals surface area (Å²) in [6.45, 7) is 5.47. The van der Waals surface area contributed by atoms with Crippen molar-refractivity contribution < 1.29 is 9.53 Å². The third-order valence-electron chi connectivity index (χ3n) is 5.96. The summed E-state index contributed by atoms with van der Waals surface area (Å²) < 4.78 is 6.27. The summed E-state index contributed by atoms with van der Waals surface area (Å²) in [5, 5.41) is 0.611. The summed E-state index contributed by atoms with van der Waals surface area (Å²) in [6, 6.07) is 18.2. The Bertz CT molecular complexity index is 823. The molecule has 2 saturated heterocycles. The number of halogens is 2. The number of ether oxygens (including phenoxy) is 1. The van der Waals surface area contributed by atoms with Crippen LogP contribution in [0.2, 0.25) is 5.02 Å². The summed E-state index contributed by atoms with van der Waals surface area (Å²) in [5.41, 5.74) is 1.88. The molecule has 4 nitrogen and oxygen atoms in total. The second-order valence-corrected chi connectivity index (χ2v) is 8.30. The average Bonchev–Trinajstić information content (AvgIpc) is 2.72. The molecular formula is C23H28Cl2N2O2. The van der Waals surface area contributed by atoms with E-state index in [-0.39, 0.29) is 23.9 Å². The quantitative estimate of drug-likeness (QED) is 0.704. The molecule has 2 fully saturated rings. The summed E-state index contributed by atoms with van der Waals surface area (Å²) in [5.74, 6) is -0.00904. The highest BCUT2D eigenvalue weighted by Crippen LogP contribution is 2.37. The maximum Gasteiger partial charge on any atom is 0.255 e. The molecule has 1 amide bonds. The number of amides is 1. The first-order chi connectivity index (χ1) is 13.6. The zero-order valence-corrected chi connectivity index (χ0v) is 18.3. The lowest BCUT2D eigenvalue weighted by atomic mass is 9.88. The Morgan fingerprint density at radius 2 is 1.72 bits per heavy atom. The molecule has 156 valence electrons. The lowest BCUT2D eigenvalue weighted by molar-refractivity contribution is -0.161. The molecule has 2 aromatic carbocycles. The lowest BCUT2D eigenvalue weighted by Gasteiger charge is -2.49. The van der Waals surface area contributed by atoms with Gasteiger partial charge in [-0.05, 0) is 43.9 Å². The third kappa shape index (κ3) is 4.95. The van der Waals surface area contributed by atoms with E-state index in [0.717, 1.165) is 44.6 Å². The maximum atomic E-state index is 12.8. The minimum Gasteiger partial charge on any atom is -0.360 e. The molecule has 0 aromatic heterocycles. The minimum absolute atomic E-state index is 0. The van der Waals surface area contributed by atoms with Crippen molar-refractivity contribution in [3.63, 3.8) is 0 Å². The normalized spacial score (nSPS) is 21.8. The van der Waals surface area contributed by atoms with Crippen LogP contribution < -0.4 is 4.90 Å². The Hall–Kier alpha value is -1.59. The van der Waals surface area contributed by atoms with Gasteiger partial charge in [-0.2, -0.15) is 0 Å². The van der Waals surface area contributed by atoms with E-state index in [1.54, 1.807) is 0 Å². The molecule has 1 unspecified atom stereocenters. The van der Waals surface area contributed by atoms with Crippen molar-refractivity contribution in [2.45, 2.75) is 37.9 Å². The van der Waals surface area contributed by atoms with Gasteiger partial charge in [-0.1, -0.05) is 54.1 Å². The highest BCUT2D eigenvalue weighted by atomic mass is 35.5. The number of nitrogens with zero attached hydrogens (tertiary/aromatic N) is 2. The van der Waals surface area contributed by atoms with Crippen molar-refractivity contribution in [2.24, 2.45) is 0 Å². The van der Waals surface area contributed by atoms with Crippen LogP contribution in [-0.4, -0.2) is 48.7 Å². The van der Waals surface area contributed by atoms with E-state index in [1.807, 2.05) is 36.1 Å². The van der Waals surface area contributed by atoms with Crippen LogP contribution in [-0.2, 0) is 16.0 Å². The van der Waals surface area contributed by atoms with Gasteiger partial charge in [-0.25, -0.2) is 0 Å². The number of piperidine rings is 1. The van der Waals surface area contributed by atoms with Crippen LogP contribution in [0.3, 0.4) is 0 Å². The molecule has 2 heterocycles. The average molecular weight is 435 g/mol. The van der Waals surface area contributed by atoms with Gasteiger partial charge >= 0.3 is 0 Å². The Morgan fingerprint density at radius 1 is 1.07 bits per heavy atom. The molecule has 0 bridgehead atoms. The van der Waals surface area contributed by atoms with E-state index < -0.39 is 6.10 Å². The van der Waals surface area contributed by atoms with Crippen molar-refractivity contribution in [3.8, 4) is 0 Å². The van der Waals surface area contributed by atoms with E-state index >= 15 is 0 Å². The van der Waals surface area contributed by atoms with Gasteiger partial charge in [0.15, 0.2) is 0 Å². The topological polar surface area (TPSA) is 32.8 Å². The van der Waals surface area contributed by atoms with Crippen LogP contribution in [0.15, 0.2) is 54.6 Å². The zero-order chi connectivity index (χ0) is 19.6. The van der Waals surface area contributed by atoms with Gasteiger partial charge in [0.25, 0.3) is 5.91 Å². The molecule has 0 N–H and O–H groups in total. The number of hydrogen-bond donors (Lipinski definition) is 0. The van der Waals surface area contributed by atoms with Gasteiger partial charge in [0.05, 0.1) is 22.9 Å².